The Hall–Kier alpha value is -0.870. The van der Waals surface area contributed by atoms with Crippen LogP contribution < -0.4 is 10.1 Å². The van der Waals surface area contributed by atoms with Gasteiger partial charge in [-0.2, -0.15) is 0 Å². The van der Waals surface area contributed by atoms with E-state index >= 15 is 0 Å². The van der Waals surface area contributed by atoms with Gasteiger partial charge in [0, 0.05) is 11.3 Å². The monoisotopic (exact) mass is 253 g/mol. The third kappa shape index (κ3) is 2.69. The first kappa shape index (κ1) is 12.6. The van der Waals surface area contributed by atoms with Crippen LogP contribution in [0.3, 0.4) is 0 Å². The summed E-state index contributed by atoms with van der Waals surface area (Å²) >= 11 is 0. The number of hydrogen-bond donors (Lipinski definition) is 1. The Morgan fingerprint density at radius 2 is 2.12 bits per heavy atom. The summed E-state index contributed by atoms with van der Waals surface area (Å²) in [5, 5.41) is 3.52. The number of hydrogen-bond acceptors (Lipinski definition) is 3. The number of para-hydroxylation sites is 1. The summed E-state index contributed by atoms with van der Waals surface area (Å²) in [6, 6.07) is 8.11. The number of benzene rings is 1. The van der Waals surface area contributed by atoms with Gasteiger partial charge in [0.05, 0.1) is 22.8 Å². The lowest BCUT2D eigenvalue weighted by atomic mass is 10.3. The van der Waals surface area contributed by atoms with Crippen molar-refractivity contribution in [2.75, 3.05) is 14.2 Å². The SMILES string of the molecule is CNC1CCC(S(=O)c2ccccc2OC)C1. The van der Waals surface area contributed by atoms with E-state index in [2.05, 4.69) is 5.32 Å². The third-order valence-corrected chi connectivity index (χ3v) is 5.19. The largest absolute Gasteiger partial charge is 0.495 e. The summed E-state index contributed by atoms with van der Waals surface area (Å²) in [4.78, 5) is 0.830. The molecule has 2 rings (SSSR count). The average molecular weight is 253 g/mol. The van der Waals surface area contributed by atoms with Crippen molar-refractivity contribution in [1.29, 1.82) is 0 Å². The predicted octanol–water partition coefficient (Wildman–Crippen LogP) is 1.94. The molecule has 1 aliphatic carbocycles. The summed E-state index contributed by atoms with van der Waals surface area (Å²) in [5.41, 5.74) is 0. The minimum atomic E-state index is -0.957. The molecular formula is C13H19NO2S. The van der Waals surface area contributed by atoms with Crippen LogP contribution in [0.1, 0.15) is 19.3 Å². The zero-order valence-electron chi connectivity index (χ0n) is 10.3. The molecular weight excluding hydrogens is 234 g/mol. The van der Waals surface area contributed by atoms with Gasteiger partial charge in [-0.15, -0.1) is 0 Å². The maximum Gasteiger partial charge on any atom is 0.134 e. The fourth-order valence-corrected chi connectivity index (χ4v) is 4.04. The first-order valence-corrected chi connectivity index (χ1v) is 7.18. The predicted molar refractivity (Wildman–Crippen MR) is 69.9 cm³/mol. The molecule has 1 aliphatic rings. The molecule has 3 nitrogen and oxygen atoms in total. The van der Waals surface area contributed by atoms with Crippen molar-refractivity contribution in [1.82, 2.24) is 5.32 Å². The number of ether oxygens (including phenoxy) is 1. The van der Waals surface area contributed by atoms with Gasteiger partial charge >= 0.3 is 0 Å². The molecule has 94 valence electrons. The second-order valence-electron chi connectivity index (χ2n) is 4.37. The molecule has 0 heterocycles. The maximum absolute atomic E-state index is 12.5. The van der Waals surface area contributed by atoms with Crippen LogP contribution in [0.2, 0.25) is 0 Å². The van der Waals surface area contributed by atoms with E-state index in [0.29, 0.717) is 6.04 Å². The van der Waals surface area contributed by atoms with Crippen molar-refractivity contribution in [3.63, 3.8) is 0 Å². The van der Waals surface area contributed by atoms with E-state index in [1.165, 1.54) is 0 Å². The molecule has 0 aliphatic heterocycles. The van der Waals surface area contributed by atoms with Crippen molar-refractivity contribution < 1.29 is 8.95 Å². The van der Waals surface area contributed by atoms with Gasteiger partial charge in [-0.05, 0) is 38.4 Å². The van der Waals surface area contributed by atoms with Crippen molar-refractivity contribution in [3.05, 3.63) is 24.3 Å². The van der Waals surface area contributed by atoms with E-state index < -0.39 is 10.8 Å². The van der Waals surface area contributed by atoms with Gasteiger partial charge in [-0.25, -0.2) is 0 Å². The summed E-state index contributed by atoms with van der Waals surface area (Å²) < 4.78 is 17.8. The molecule has 0 aromatic heterocycles. The molecule has 0 amide bonds. The Morgan fingerprint density at radius 3 is 2.76 bits per heavy atom. The molecule has 0 saturated heterocycles. The van der Waals surface area contributed by atoms with Crippen molar-refractivity contribution >= 4 is 10.8 Å². The van der Waals surface area contributed by atoms with Gasteiger partial charge in [-0.1, -0.05) is 12.1 Å². The lowest BCUT2D eigenvalue weighted by Gasteiger charge is -2.13. The van der Waals surface area contributed by atoms with Gasteiger partial charge in [0.15, 0.2) is 0 Å². The van der Waals surface area contributed by atoms with Crippen LogP contribution in [0, 0.1) is 0 Å². The summed E-state index contributed by atoms with van der Waals surface area (Å²) in [6.07, 6.45) is 3.12. The Bertz CT molecular complexity index is 408. The fourth-order valence-electron chi connectivity index (χ4n) is 2.36. The van der Waals surface area contributed by atoms with Gasteiger partial charge in [-0.3, -0.25) is 4.21 Å². The van der Waals surface area contributed by atoms with E-state index in [1.54, 1.807) is 7.11 Å². The highest BCUT2D eigenvalue weighted by molar-refractivity contribution is 7.85. The summed E-state index contributed by atoms with van der Waals surface area (Å²) in [7, 11) is 2.64. The van der Waals surface area contributed by atoms with E-state index in [1.807, 2.05) is 31.3 Å². The smallest absolute Gasteiger partial charge is 0.134 e. The molecule has 1 fully saturated rings. The molecule has 17 heavy (non-hydrogen) atoms. The molecule has 1 aromatic carbocycles. The minimum Gasteiger partial charge on any atom is -0.495 e. The lowest BCUT2D eigenvalue weighted by molar-refractivity contribution is 0.404. The topological polar surface area (TPSA) is 38.3 Å². The zero-order valence-corrected chi connectivity index (χ0v) is 11.1. The Morgan fingerprint density at radius 1 is 1.35 bits per heavy atom. The highest BCUT2D eigenvalue weighted by atomic mass is 32.2. The third-order valence-electron chi connectivity index (χ3n) is 3.38. The molecule has 0 bridgehead atoms. The molecule has 4 heteroatoms. The van der Waals surface area contributed by atoms with Crippen LogP contribution in [0.4, 0.5) is 0 Å². The Balaban J connectivity index is 2.15. The van der Waals surface area contributed by atoms with Crippen LogP contribution in [0.15, 0.2) is 29.2 Å². The number of rotatable bonds is 4. The summed E-state index contributed by atoms with van der Waals surface area (Å²) in [6.45, 7) is 0. The molecule has 1 aromatic rings. The molecule has 3 unspecified atom stereocenters. The number of methoxy groups -OCH3 is 1. The highest BCUT2D eigenvalue weighted by Gasteiger charge is 2.29. The van der Waals surface area contributed by atoms with Crippen LogP contribution >= 0.6 is 0 Å². The van der Waals surface area contributed by atoms with Crippen LogP contribution in [0.5, 0.6) is 5.75 Å². The zero-order chi connectivity index (χ0) is 12.3. The van der Waals surface area contributed by atoms with Crippen LogP contribution in [0.25, 0.3) is 0 Å². The first-order valence-electron chi connectivity index (χ1n) is 5.97. The van der Waals surface area contributed by atoms with Crippen molar-refractivity contribution in [2.45, 2.75) is 35.4 Å². The molecule has 1 N–H and O–H groups in total. The van der Waals surface area contributed by atoms with E-state index in [-0.39, 0.29) is 5.25 Å². The van der Waals surface area contributed by atoms with E-state index in [4.69, 9.17) is 4.74 Å². The van der Waals surface area contributed by atoms with Gasteiger partial charge in [0.1, 0.15) is 5.75 Å². The van der Waals surface area contributed by atoms with E-state index in [9.17, 15) is 4.21 Å². The maximum atomic E-state index is 12.5. The molecule has 0 radical (unpaired) electrons. The summed E-state index contributed by atoms with van der Waals surface area (Å²) in [5.74, 6) is 0.735. The van der Waals surface area contributed by atoms with Crippen LogP contribution in [-0.2, 0) is 10.8 Å². The highest BCUT2D eigenvalue weighted by Crippen LogP contribution is 2.31. The fraction of sp³-hybridized carbons (Fsp3) is 0.538. The average Bonchev–Trinajstić information content (AvgIpc) is 2.86. The molecule has 1 saturated carbocycles. The molecule has 0 spiro atoms. The second kappa shape index (κ2) is 5.65. The first-order chi connectivity index (χ1) is 8.26. The standard InChI is InChI=1S/C13H19NO2S/c1-14-10-7-8-11(9-10)17(15)13-6-4-3-5-12(13)16-2/h3-6,10-11,14H,7-9H2,1-2H3. The van der Waals surface area contributed by atoms with Gasteiger partial charge < -0.3 is 10.1 Å². The van der Waals surface area contributed by atoms with Gasteiger partial charge in [0.2, 0.25) is 0 Å². The Kier molecular flexibility index (Phi) is 4.18. The van der Waals surface area contributed by atoms with E-state index in [0.717, 1.165) is 29.9 Å². The van der Waals surface area contributed by atoms with Crippen LogP contribution in [-0.4, -0.2) is 29.7 Å². The van der Waals surface area contributed by atoms with Crippen molar-refractivity contribution in [2.24, 2.45) is 0 Å². The van der Waals surface area contributed by atoms with Gasteiger partial charge in [0.25, 0.3) is 0 Å². The Labute approximate surface area is 105 Å². The normalized spacial score (nSPS) is 25.8. The quantitative estimate of drug-likeness (QED) is 0.891. The minimum absolute atomic E-state index is 0.253. The number of nitrogens with one attached hydrogen (secondary N) is 1. The molecule has 3 atom stereocenters. The second-order valence-corrected chi connectivity index (χ2v) is 6.07. The van der Waals surface area contributed by atoms with Crippen molar-refractivity contribution in [3.8, 4) is 5.75 Å². The lowest BCUT2D eigenvalue weighted by Crippen LogP contribution is -2.23.